The average Bonchev–Trinajstić information content (AvgIpc) is 3.36. The third-order valence-electron chi connectivity index (χ3n) is 5.49. The van der Waals surface area contributed by atoms with Gasteiger partial charge in [0, 0.05) is 31.2 Å². The summed E-state index contributed by atoms with van der Waals surface area (Å²) in [5.74, 6) is -5.65. The Morgan fingerprint density at radius 2 is 1.47 bits per heavy atom. The van der Waals surface area contributed by atoms with Gasteiger partial charge in [0.1, 0.15) is 18.1 Å². The normalized spacial score (nSPS) is 13.9. The molecule has 0 aliphatic carbocycles. The first kappa shape index (κ1) is 32.0. The molecule has 0 fully saturated rings. The first-order valence-corrected chi connectivity index (χ1v) is 12.0. The molecule has 0 spiro atoms. The molecule has 4 atom stereocenters. The van der Waals surface area contributed by atoms with Gasteiger partial charge in [-0.15, -0.1) is 0 Å². The molecule has 0 saturated heterocycles. The van der Waals surface area contributed by atoms with E-state index < -0.39 is 59.7 Å². The fraction of sp³-hybridized carbons (Fsp3) is 0.591. The number of nitrogens with one attached hydrogen (secondary N) is 4. The highest BCUT2D eigenvalue weighted by Gasteiger charge is 2.30. The third kappa shape index (κ3) is 12.3. The Bertz CT molecular complexity index is 955. The Morgan fingerprint density at radius 3 is 2.00 bits per heavy atom. The zero-order valence-electron chi connectivity index (χ0n) is 20.9. The van der Waals surface area contributed by atoms with Gasteiger partial charge in [-0.2, -0.15) is 0 Å². The lowest BCUT2D eigenvalue weighted by molar-refractivity contribution is -0.142. The maximum atomic E-state index is 13.1. The van der Waals surface area contributed by atoms with E-state index in [0.29, 0.717) is 25.1 Å². The van der Waals surface area contributed by atoms with Crippen LogP contribution in [-0.2, 0) is 35.2 Å². The van der Waals surface area contributed by atoms with Crippen LogP contribution in [0.5, 0.6) is 0 Å². The van der Waals surface area contributed by atoms with Crippen LogP contribution < -0.4 is 33.2 Å². The van der Waals surface area contributed by atoms with Gasteiger partial charge >= 0.3 is 11.9 Å². The Hall–Kier alpha value is -4.05. The quantitative estimate of drug-likeness (QED) is 0.0801. The van der Waals surface area contributed by atoms with Crippen molar-refractivity contribution >= 4 is 35.6 Å². The summed E-state index contributed by atoms with van der Waals surface area (Å²) >= 11 is 0. The molecule has 0 bridgehead atoms. The lowest BCUT2D eigenvalue weighted by atomic mass is 10.0. The third-order valence-corrected chi connectivity index (χ3v) is 5.49. The molecule has 1 rings (SSSR count). The largest absolute Gasteiger partial charge is 0.481 e. The van der Waals surface area contributed by atoms with Crippen LogP contribution >= 0.6 is 0 Å². The van der Waals surface area contributed by atoms with Gasteiger partial charge in [0.25, 0.3) is 0 Å². The number of hydrogen-bond acceptors (Lipinski definition) is 9. The summed E-state index contributed by atoms with van der Waals surface area (Å²) in [5.41, 5.74) is 16.9. The van der Waals surface area contributed by atoms with Crippen LogP contribution in [0.2, 0.25) is 0 Å². The van der Waals surface area contributed by atoms with Crippen molar-refractivity contribution in [3.05, 3.63) is 18.2 Å². The minimum Gasteiger partial charge on any atom is -0.481 e. The highest BCUT2D eigenvalue weighted by Crippen LogP contribution is 2.07. The predicted octanol–water partition coefficient (Wildman–Crippen LogP) is -2.92. The van der Waals surface area contributed by atoms with Crippen molar-refractivity contribution in [1.82, 2.24) is 25.9 Å². The van der Waals surface area contributed by atoms with Crippen LogP contribution in [0.25, 0.3) is 0 Å². The molecular weight excluding hydrogens is 504 g/mol. The molecule has 0 saturated carbocycles. The Kier molecular flexibility index (Phi) is 14.0. The van der Waals surface area contributed by atoms with Gasteiger partial charge in [-0.1, -0.05) is 0 Å². The van der Waals surface area contributed by atoms with Gasteiger partial charge in [0.15, 0.2) is 0 Å². The second kappa shape index (κ2) is 16.6. The number of aromatic nitrogens is 2. The fourth-order valence-electron chi connectivity index (χ4n) is 3.37. The van der Waals surface area contributed by atoms with Crippen LogP contribution in [0, 0.1) is 0 Å². The van der Waals surface area contributed by atoms with Crippen molar-refractivity contribution in [3.63, 3.8) is 0 Å². The zero-order chi connectivity index (χ0) is 28.7. The molecule has 4 unspecified atom stereocenters. The molecule has 0 aliphatic rings. The van der Waals surface area contributed by atoms with E-state index in [9.17, 15) is 33.9 Å². The van der Waals surface area contributed by atoms with E-state index >= 15 is 0 Å². The second-order valence-electron chi connectivity index (χ2n) is 8.63. The number of carboxylic acids is 2. The number of imidazole rings is 1. The summed E-state index contributed by atoms with van der Waals surface area (Å²) in [7, 11) is 0. The van der Waals surface area contributed by atoms with Gasteiger partial charge in [-0.25, -0.2) is 9.78 Å². The Morgan fingerprint density at radius 1 is 0.868 bits per heavy atom. The van der Waals surface area contributed by atoms with Gasteiger partial charge in [0.05, 0.1) is 12.4 Å². The molecule has 38 heavy (non-hydrogen) atoms. The molecular formula is C22H36N8O8. The standard InChI is InChI=1S/C22H36N8O8/c23-8-2-1-3-14(28-19(34)13(24)4-7-18(32)33)20(35)29-15(5-6-17(25)31)21(36)30-16(22(37)38)9-12-10-26-11-27-12/h10-11,13-16H,1-9,23-24H2,(H2,25,31)(H,26,27)(H,28,34)(H,29,35)(H,30,36)(H,32,33)(H,37,38). The number of carbonyl (C=O) groups excluding carboxylic acids is 4. The Balaban J connectivity index is 3.00. The topological polar surface area (TPSA) is 286 Å². The van der Waals surface area contributed by atoms with E-state index in [1.807, 2.05) is 0 Å². The van der Waals surface area contributed by atoms with E-state index in [0.717, 1.165) is 0 Å². The minimum absolute atomic E-state index is 0.121. The maximum absolute atomic E-state index is 13.1. The lowest BCUT2D eigenvalue weighted by Gasteiger charge is -2.25. The average molecular weight is 541 g/mol. The van der Waals surface area contributed by atoms with E-state index in [1.54, 1.807) is 0 Å². The van der Waals surface area contributed by atoms with Gasteiger partial charge in [0.2, 0.25) is 23.6 Å². The Labute approximate surface area is 218 Å². The molecule has 0 radical (unpaired) electrons. The van der Waals surface area contributed by atoms with E-state index in [1.165, 1.54) is 12.5 Å². The van der Waals surface area contributed by atoms with E-state index in [4.69, 9.17) is 22.3 Å². The molecule has 16 nitrogen and oxygen atoms in total. The van der Waals surface area contributed by atoms with Crippen molar-refractivity contribution in [2.24, 2.45) is 17.2 Å². The molecule has 1 heterocycles. The van der Waals surface area contributed by atoms with Crippen molar-refractivity contribution in [2.45, 2.75) is 75.5 Å². The summed E-state index contributed by atoms with van der Waals surface area (Å²) in [5, 5.41) is 25.5. The van der Waals surface area contributed by atoms with E-state index in [2.05, 4.69) is 25.9 Å². The van der Waals surface area contributed by atoms with Gasteiger partial charge in [-0.3, -0.25) is 24.0 Å². The molecule has 12 N–H and O–H groups in total. The number of hydrogen-bond donors (Lipinski definition) is 9. The van der Waals surface area contributed by atoms with Gasteiger partial charge in [-0.05, 0) is 38.6 Å². The summed E-state index contributed by atoms with van der Waals surface area (Å²) in [6.07, 6.45) is 2.68. The number of aromatic amines is 1. The number of unbranched alkanes of at least 4 members (excludes halogenated alkanes) is 1. The number of amides is 4. The summed E-state index contributed by atoms with van der Waals surface area (Å²) < 4.78 is 0. The number of nitrogens with two attached hydrogens (primary N) is 3. The van der Waals surface area contributed by atoms with Crippen molar-refractivity contribution in [1.29, 1.82) is 0 Å². The predicted molar refractivity (Wildman–Crippen MR) is 132 cm³/mol. The highest BCUT2D eigenvalue weighted by atomic mass is 16.4. The first-order valence-electron chi connectivity index (χ1n) is 12.0. The van der Waals surface area contributed by atoms with Crippen LogP contribution in [-0.4, -0.2) is 86.5 Å². The van der Waals surface area contributed by atoms with Crippen LogP contribution in [0.15, 0.2) is 12.5 Å². The van der Waals surface area contributed by atoms with Crippen LogP contribution in [0.1, 0.15) is 50.6 Å². The highest BCUT2D eigenvalue weighted by molar-refractivity contribution is 5.94. The molecule has 1 aromatic rings. The monoisotopic (exact) mass is 540 g/mol. The van der Waals surface area contributed by atoms with Crippen molar-refractivity contribution in [3.8, 4) is 0 Å². The summed E-state index contributed by atoms with van der Waals surface area (Å²) in [6.45, 7) is 0.330. The number of aliphatic carboxylic acids is 2. The number of carbonyl (C=O) groups is 6. The van der Waals surface area contributed by atoms with Crippen LogP contribution in [0.3, 0.4) is 0 Å². The molecule has 16 heteroatoms. The van der Waals surface area contributed by atoms with E-state index in [-0.39, 0.29) is 38.5 Å². The number of nitrogens with zero attached hydrogens (tertiary/aromatic N) is 1. The smallest absolute Gasteiger partial charge is 0.326 e. The molecule has 0 aliphatic heterocycles. The second-order valence-corrected chi connectivity index (χ2v) is 8.63. The summed E-state index contributed by atoms with van der Waals surface area (Å²) in [6, 6.07) is -5.07. The number of primary amides is 1. The maximum Gasteiger partial charge on any atom is 0.326 e. The number of carboxylic acid groups (broad SMARTS) is 2. The number of H-pyrrole nitrogens is 1. The van der Waals surface area contributed by atoms with Crippen molar-refractivity contribution in [2.75, 3.05) is 6.54 Å². The van der Waals surface area contributed by atoms with Crippen molar-refractivity contribution < 1.29 is 39.0 Å². The van der Waals surface area contributed by atoms with Crippen LogP contribution in [0.4, 0.5) is 0 Å². The summed E-state index contributed by atoms with van der Waals surface area (Å²) in [4.78, 5) is 78.8. The fourth-order valence-corrected chi connectivity index (χ4v) is 3.37. The number of rotatable bonds is 19. The minimum atomic E-state index is -1.37. The lowest BCUT2D eigenvalue weighted by Crippen LogP contribution is -2.57. The molecule has 0 aromatic carbocycles. The molecule has 1 aromatic heterocycles. The first-order chi connectivity index (χ1) is 17.9. The SMILES string of the molecule is NCCCCC(NC(=O)C(N)CCC(=O)O)C(=O)NC(CCC(N)=O)C(=O)NC(Cc1cnc[nH]1)C(=O)O. The zero-order valence-corrected chi connectivity index (χ0v) is 20.9. The molecule has 212 valence electrons. The molecule has 4 amide bonds. The van der Waals surface area contributed by atoms with Gasteiger partial charge < -0.3 is 48.3 Å².